The summed E-state index contributed by atoms with van der Waals surface area (Å²) in [6, 6.07) is 3.77. The van der Waals surface area contributed by atoms with E-state index in [1.807, 2.05) is 19.1 Å². The van der Waals surface area contributed by atoms with Crippen LogP contribution in [0.3, 0.4) is 0 Å². The quantitative estimate of drug-likeness (QED) is 0.586. The van der Waals surface area contributed by atoms with E-state index < -0.39 is 5.60 Å². The maximum absolute atomic E-state index is 13.5. The van der Waals surface area contributed by atoms with Crippen molar-refractivity contribution in [1.82, 2.24) is 4.98 Å². The molecule has 1 aromatic rings. The molecular formula is C28H40ClNO3. The number of methoxy groups -OCH3 is 1. The van der Waals surface area contributed by atoms with Gasteiger partial charge in [0.25, 0.3) is 0 Å². The number of halogens is 1. The van der Waals surface area contributed by atoms with E-state index in [2.05, 4.69) is 11.9 Å². The first-order valence-corrected chi connectivity index (χ1v) is 13.5. The van der Waals surface area contributed by atoms with Gasteiger partial charge in [-0.05, 0) is 112 Å². The van der Waals surface area contributed by atoms with Crippen LogP contribution in [0.4, 0.5) is 0 Å². The van der Waals surface area contributed by atoms with E-state index in [9.17, 15) is 9.90 Å². The van der Waals surface area contributed by atoms with Crippen LogP contribution in [-0.4, -0.2) is 35.2 Å². The van der Waals surface area contributed by atoms with Gasteiger partial charge in [-0.3, -0.25) is 9.78 Å². The highest BCUT2D eigenvalue weighted by molar-refractivity contribution is 6.31. The molecule has 33 heavy (non-hydrogen) atoms. The number of pyridine rings is 1. The van der Waals surface area contributed by atoms with Crippen LogP contribution >= 0.6 is 11.6 Å². The Morgan fingerprint density at radius 1 is 1.12 bits per heavy atom. The van der Waals surface area contributed by atoms with E-state index in [0.717, 1.165) is 61.2 Å². The molecule has 0 bridgehead atoms. The zero-order chi connectivity index (χ0) is 23.4. The number of aryl methyl sites for hydroxylation is 1. The lowest BCUT2D eigenvalue weighted by molar-refractivity contribution is -0.135. The molecule has 0 unspecified atom stereocenters. The van der Waals surface area contributed by atoms with E-state index in [-0.39, 0.29) is 11.3 Å². The van der Waals surface area contributed by atoms with Crippen LogP contribution in [0.2, 0.25) is 5.02 Å². The van der Waals surface area contributed by atoms with Crippen LogP contribution in [0.15, 0.2) is 12.1 Å². The van der Waals surface area contributed by atoms with Crippen LogP contribution in [0.5, 0.6) is 0 Å². The SMILES string of the molecule is COC[C@@]1(O)CC[C@H]2[C@H](CC[C@@H]3[C@@H]2CC[C@]2(C)[C@@H](C(=O)Cc4nc(C)ccc4Cl)CC[C@@H]32)C1. The second-order valence-electron chi connectivity index (χ2n) is 12.0. The number of carbonyl (C=O) groups is 1. The molecule has 0 amide bonds. The number of hydrogen-bond acceptors (Lipinski definition) is 4. The molecule has 4 aliphatic rings. The Morgan fingerprint density at radius 2 is 1.91 bits per heavy atom. The van der Waals surface area contributed by atoms with E-state index >= 15 is 0 Å². The zero-order valence-electron chi connectivity index (χ0n) is 20.5. The molecule has 4 nitrogen and oxygen atoms in total. The number of ether oxygens (including phenoxy) is 1. The highest BCUT2D eigenvalue weighted by Gasteiger charge is 2.59. The van der Waals surface area contributed by atoms with Gasteiger partial charge in [0.1, 0.15) is 5.78 Å². The first kappa shape index (κ1) is 23.8. The molecule has 4 saturated carbocycles. The van der Waals surface area contributed by atoms with Crippen LogP contribution in [0, 0.1) is 47.8 Å². The summed E-state index contributed by atoms with van der Waals surface area (Å²) in [5.41, 5.74) is 1.16. The van der Waals surface area contributed by atoms with Crippen molar-refractivity contribution in [3.63, 3.8) is 0 Å². The molecule has 1 aromatic heterocycles. The molecule has 1 N–H and O–H groups in total. The number of nitrogens with zero attached hydrogens (tertiary/aromatic N) is 1. The summed E-state index contributed by atoms with van der Waals surface area (Å²) >= 11 is 6.37. The monoisotopic (exact) mass is 473 g/mol. The van der Waals surface area contributed by atoms with Gasteiger partial charge in [-0.1, -0.05) is 18.5 Å². The Bertz CT molecular complexity index is 905. The van der Waals surface area contributed by atoms with Gasteiger partial charge >= 0.3 is 0 Å². The first-order chi connectivity index (χ1) is 15.7. The van der Waals surface area contributed by atoms with Gasteiger partial charge in [0, 0.05) is 18.7 Å². The number of fused-ring (bicyclic) bond motifs is 5. The molecule has 0 saturated heterocycles. The van der Waals surface area contributed by atoms with Gasteiger partial charge in [-0.2, -0.15) is 0 Å². The predicted molar refractivity (Wildman–Crippen MR) is 130 cm³/mol. The number of ketones is 1. The molecule has 0 radical (unpaired) electrons. The van der Waals surface area contributed by atoms with Gasteiger partial charge in [0.2, 0.25) is 0 Å². The minimum Gasteiger partial charge on any atom is -0.387 e. The number of carbonyl (C=O) groups excluding carboxylic acids is 1. The van der Waals surface area contributed by atoms with Crippen molar-refractivity contribution < 1.29 is 14.6 Å². The molecule has 4 aliphatic carbocycles. The lowest BCUT2D eigenvalue weighted by Crippen LogP contribution is -2.52. The number of rotatable bonds is 5. The fraction of sp³-hybridized carbons (Fsp3) is 0.786. The fourth-order valence-corrected chi connectivity index (χ4v) is 9.07. The van der Waals surface area contributed by atoms with Crippen molar-refractivity contribution in [3.05, 3.63) is 28.5 Å². The molecule has 5 heteroatoms. The summed E-state index contributed by atoms with van der Waals surface area (Å²) in [4.78, 5) is 18.1. The van der Waals surface area contributed by atoms with Gasteiger partial charge in [0.15, 0.2) is 0 Å². The molecule has 8 atom stereocenters. The Hall–Kier alpha value is -0.970. The fourth-order valence-electron chi connectivity index (χ4n) is 8.90. The molecule has 1 heterocycles. The van der Waals surface area contributed by atoms with E-state index in [4.69, 9.17) is 16.3 Å². The van der Waals surface area contributed by atoms with Crippen LogP contribution < -0.4 is 0 Å². The second kappa shape index (κ2) is 8.91. The summed E-state index contributed by atoms with van der Waals surface area (Å²) in [5.74, 6) is 4.04. The predicted octanol–water partition coefficient (Wildman–Crippen LogP) is 5.80. The largest absolute Gasteiger partial charge is 0.387 e. The normalized spacial score (nSPS) is 42.3. The maximum atomic E-state index is 13.5. The van der Waals surface area contributed by atoms with E-state index in [0.29, 0.717) is 35.7 Å². The lowest BCUT2D eigenvalue weighted by atomic mass is 9.49. The molecular weight excluding hydrogens is 434 g/mol. The summed E-state index contributed by atoms with van der Waals surface area (Å²) < 4.78 is 5.34. The number of aromatic nitrogens is 1. The second-order valence-corrected chi connectivity index (χ2v) is 12.4. The molecule has 4 fully saturated rings. The number of hydrogen-bond donors (Lipinski definition) is 1. The summed E-state index contributed by atoms with van der Waals surface area (Å²) in [5, 5.41) is 11.6. The minimum atomic E-state index is -0.623. The van der Waals surface area contributed by atoms with Crippen molar-refractivity contribution >= 4 is 17.4 Å². The Balaban J connectivity index is 1.29. The highest BCUT2D eigenvalue weighted by Crippen LogP contribution is 2.64. The smallest absolute Gasteiger partial charge is 0.142 e. The number of Topliss-reactive ketones (excluding diaryl/α,β-unsaturated/α-hetero) is 1. The topological polar surface area (TPSA) is 59.4 Å². The number of aliphatic hydroxyl groups is 1. The standard InChI is InChI=1S/C28H40ClNO3/c1-17-4-9-24(29)25(30-17)14-26(31)23-8-7-22-21-6-5-18-15-28(32,16-33-3)13-11-19(18)20(21)10-12-27(22,23)2/h4,9,18-23,32H,5-8,10-16H2,1-3H3/t18-,19+,20-,21-,22+,23-,27+,28-/m1/s1. The molecule has 0 aromatic carbocycles. The van der Waals surface area contributed by atoms with Gasteiger partial charge in [0.05, 0.1) is 29.3 Å². The Labute approximate surface area is 203 Å². The minimum absolute atomic E-state index is 0.118. The lowest BCUT2D eigenvalue weighted by Gasteiger charge is -2.57. The van der Waals surface area contributed by atoms with Crippen LogP contribution in [-0.2, 0) is 16.0 Å². The molecule has 0 aliphatic heterocycles. The van der Waals surface area contributed by atoms with Gasteiger partial charge in [-0.25, -0.2) is 0 Å². The highest BCUT2D eigenvalue weighted by atomic mass is 35.5. The summed E-state index contributed by atoms with van der Waals surface area (Å²) in [6.07, 6.45) is 10.4. The van der Waals surface area contributed by atoms with E-state index in [1.54, 1.807) is 7.11 Å². The van der Waals surface area contributed by atoms with Gasteiger partial charge in [-0.15, -0.1) is 0 Å². The average Bonchev–Trinajstić information content (AvgIpc) is 3.13. The molecule has 182 valence electrons. The van der Waals surface area contributed by atoms with Crippen molar-refractivity contribution in [2.75, 3.05) is 13.7 Å². The van der Waals surface area contributed by atoms with E-state index in [1.165, 1.54) is 25.7 Å². The van der Waals surface area contributed by atoms with Crippen molar-refractivity contribution in [2.24, 2.45) is 40.9 Å². The Kier molecular flexibility index (Phi) is 6.42. The third kappa shape index (κ3) is 4.19. The van der Waals surface area contributed by atoms with Crippen LogP contribution in [0.25, 0.3) is 0 Å². The average molecular weight is 474 g/mol. The molecule has 5 rings (SSSR count). The zero-order valence-corrected chi connectivity index (χ0v) is 21.2. The molecule has 0 spiro atoms. The third-order valence-electron chi connectivity index (χ3n) is 10.3. The third-order valence-corrected chi connectivity index (χ3v) is 10.6. The Morgan fingerprint density at radius 3 is 2.70 bits per heavy atom. The van der Waals surface area contributed by atoms with Crippen molar-refractivity contribution in [2.45, 2.75) is 83.7 Å². The summed E-state index contributed by atoms with van der Waals surface area (Å²) in [6.45, 7) is 4.84. The van der Waals surface area contributed by atoms with Gasteiger partial charge < -0.3 is 9.84 Å². The summed E-state index contributed by atoms with van der Waals surface area (Å²) in [7, 11) is 1.70. The first-order valence-electron chi connectivity index (χ1n) is 13.1. The maximum Gasteiger partial charge on any atom is 0.142 e. The van der Waals surface area contributed by atoms with Crippen molar-refractivity contribution in [3.8, 4) is 0 Å². The van der Waals surface area contributed by atoms with Crippen molar-refractivity contribution in [1.29, 1.82) is 0 Å². The van der Waals surface area contributed by atoms with Crippen LogP contribution in [0.1, 0.15) is 76.1 Å².